The SMILES string of the molecule is CC(C)CC(NC(=O)C(CCCNC(=O)c1ccncc1)SC(C)(C)C)C(=O)N[C@@H](Cc1ccccc1)C(=O)O. The molecule has 0 spiro atoms. The van der Waals surface area contributed by atoms with Gasteiger partial charge in [-0.05, 0) is 42.9 Å². The van der Waals surface area contributed by atoms with Crippen molar-refractivity contribution in [3.63, 3.8) is 0 Å². The molecule has 10 heteroatoms. The Morgan fingerprint density at radius 3 is 2.12 bits per heavy atom. The number of aliphatic carboxylic acids is 1. The second-order valence-electron chi connectivity index (χ2n) is 11.1. The molecule has 2 rings (SSSR count). The van der Waals surface area contributed by atoms with E-state index in [0.717, 1.165) is 5.56 Å². The molecule has 3 atom stereocenters. The third-order valence-electron chi connectivity index (χ3n) is 5.90. The zero-order valence-electron chi connectivity index (χ0n) is 24.0. The molecule has 2 aromatic rings. The van der Waals surface area contributed by atoms with Gasteiger partial charge in [0.05, 0.1) is 5.25 Å². The number of carboxylic acids is 1. The fourth-order valence-corrected chi connectivity index (χ4v) is 5.37. The van der Waals surface area contributed by atoms with E-state index < -0.39 is 29.2 Å². The standard InChI is InChI=1S/C30H42N4O5S/c1-20(2)18-23(27(36)34-24(29(38)39)19-21-10-7-6-8-11-21)33-28(37)25(40-30(3,4)5)12-9-15-32-26(35)22-13-16-31-17-14-22/h6-8,10-11,13-14,16-17,20,23-25H,9,12,15,18-19H2,1-5H3,(H,32,35)(H,33,37)(H,34,36)(H,38,39)/t23?,24-,25?/m0/s1. The number of nitrogens with zero attached hydrogens (tertiary/aromatic N) is 1. The van der Waals surface area contributed by atoms with E-state index in [1.165, 1.54) is 11.8 Å². The van der Waals surface area contributed by atoms with Crippen molar-refractivity contribution in [3.8, 4) is 0 Å². The first-order valence-electron chi connectivity index (χ1n) is 13.6. The molecule has 3 amide bonds. The van der Waals surface area contributed by atoms with Gasteiger partial charge in [0.25, 0.3) is 5.91 Å². The molecule has 0 aliphatic rings. The van der Waals surface area contributed by atoms with Gasteiger partial charge in [0.2, 0.25) is 11.8 Å². The van der Waals surface area contributed by atoms with Crippen LogP contribution < -0.4 is 16.0 Å². The number of hydrogen-bond acceptors (Lipinski definition) is 6. The van der Waals surface area contributed by atoms with Crippen LogP contribution in [0.15, 0.2) is 54.9 Å². The molecular formula is C30H42N4O5S. The van der Waals surface area contributed by atoms with Crippen LogP contribution in [0, 0.1) is 5.92 Å². The maximum Gasteiger partial charge on any atom is 0.326 e. The Labute approximate surface area is 241 Å². The predicted octanol–water partition coefficient (Wildman–Crippen LogP) is 3.83. The lowest BCUT2D eigenvalue weighted by Gasteiger charge is -2.28. The highest BCUT2D eigenvalue weighted by Crippen LogP contribution is 2.31. The third-order valence-corrected chi connectivity index (χ3v) is 7.34. The van der Waals surface area contributed by atoms with Gasteiger partial charge < -0.3 is 21.1 Å². The topological polar surface area (TPSA) is 137 Å². The summed E-state index contributed by atoms with van der Waals surface area (Å²) in [7, 11) is 0. The van der Waals surface area contributed by atoms with E-state index in [0.29, 0.717) is 31.4 Å². The normalized spacial score (nSPS) is 13.7. The highest BCUT2D eigenvalue weighted by molar-refractivity contribution is 8.01. The summed E-state index contributed by atoms with van der Waals surface area (Å²) in [6.45, 7) is 10.3. The van der Waals surface area contributed by atoms with E-state index >= 15 is 0 Å². The summed E-state index contributed by atoms with van der Waals surface area (Å²) in [6.07, 6.45) is 4.67. The average Bonchev–Trinajstić information content (AvgIpc) is 2.89. The minimum Gasteiger partial charge on any atom is -0.480 e. The molecule has 0 saturated carbocycles. The highest BCUT2D eigenvalue weighted by atomic mass is 32.2. The molecule has 1 aromatic carbocycles. The maximum atomic E-state index is 13.5. The molecule has 0 saturated heterocycles. The van der Waals surface area contributed by atoms with Gasteiger partial charge in [-0.25, -0.2) is 4.79 Å². The molecule has 1 aromatic heterocycles. The van der Waals surface area contributed by atoms with E-state index in [2.05, 4.69) is 20.9 Å². The summed E-state index contributed by atoms with van der Waals surface area (Å²) >= 11 is 1.50. The second kappa shape index (κ2) is 16.0. The van der Waals surface area contributed by atoms with Crippen molar-refractivity contribution < 1.29 is 24.3 Å². The van der Waals surface area contributed by atoms with Gasteiger partial charge in [0, 0.05) is 35.7 Å². The lowest BCUT2D eigenvalue weighted by Crippen LogP contribution is -2.54. The maximum absolute atomic E-state index is 13.5. The first-order valence-corrected chi connectivity index (χ1v) is 14.5. The molecule has 0 bridgehead atoms. The van der Waals surface area contributed by atoms with Crippen LogP contribution in [0.3, 0.4) is 0 Å². The molecule has 0 radical (unpaired) electrons. The van der Waals surface area contributed by atoms with Crippen LogP contribution >= 0.6 is 11.8 Å². The third kappa shape index (κ3) is 12.2. The number of amides is 3. The number of aromatic nitrogens is 1. The van der Waals surface area contributed by atoms with Crippen molar-refractivity contribution in [3.05, 3.63) is 66.0 Å². The number of pyridine rings is 1. The van der Waals surface area contributed by atoms with Crippen molar-refractivity contribution in [2.24, 2.45) is 5.92 Å². The summed E-state index contributed by atoms with van der Waals surface area (Å²) in [5, 5.41) is 17.7. The summed E-state index contributed by atoms with van der Waals surface area (Å²) in [6, 6.07) is 10.4. The van der Waals surface area contributed by atoms with Gasteiger partial charge in [-0.3, -0.25) is 19.4 Å². The van der Waals surface area contributed by atoms with Gasteiger partial charge in [-0.2, -0.15) is 0 Å². The molecule has 9 nitrogen and oxygen atoms in total. The molecule has 0 aliphatic carbocycles. The Balaban J connectivity index is 2.05. The van der Waals surface area contributed by atoms with Crippen molar-refractivity contribution >= 4 is 35.5 Å². The van der Waals surface area contributed by atoms with Crippen LogP contribution in [0.4, 0.5) is 0 Å². The molecule has 40 heavy (non-hydrogen) atoms. The van der Waals surface area contributed by atoms with Crippen LogP contribution in [-0.2, 0) is 20.8 Å². The number of thioether (sulfide) groups is 1. The molecule has 4 N–H and O–H groups in total. The Kier molecular flexibility index (Phi) is 13.1. The smallest absolute Gasteiger partial charge is 0.326 e. The number of hydrogen-bond donors (Lipinski definition) is 4. The highest BCUT2D eigenvalue weighted by Gasteiger charge is 2.31. The average molecular weight is 571 g/mol. The molecule has 218 valence electrons. The molecule has 2 unspecified atom stereocenters. The van der Waals surface area contributed by atoms with Gasteiger partial charge >= 0.3 is 5.97 Å². The van der Waals surface area contributed by atoms with Crippen LogP contribution in [0.1, 0.15) is 69.8 Å². The van der Waals surface area contributed by atoms with Gasteiger partial charge in [0.15, 0.2) is 0 Å². The monoisotopic (exact) mass is 570 g/mol. The first-order chi connectivity index (χ1) is 18.9. The van der Waals surface area contributed by atoms with E-state index in [9.17, 15) is 24.3 Å². The second-order valence-corrected chi connectivity index (χ2v) is 13.2. The number of nitrogens with one attached hydrogen (secondary N) is 3. The van der Waals surface area contributed by atoms with Crippen LogP contribution in [-0.4, -0.2) is 62.4 Å². The number of carboxylic acid groups (broad SMARTS) is 1. The molecule has 0 aliphatic heterocycles. The Hall–Kier alpha value is -3.40. The summed E-state index contributed by atoms with van der Waals surface area (Å²) in [5.74, 6) is -2.05. The van der Waals surface area contributed by atoms with E-state index in [4.69, 9.17) is 0 Å². The van der Waals surface area contributed by atoms with Crippen molar-refractivity contribution in [2.45, 2.75) is 82.4 Å². The molecular weight excluding hydrogens is 528 g/mol. The van der Waals surface area contributed by atoms with E-state index in [-0.39, 0.29) is 28.9 Å². The van der Waals surface area contributed by atoms with E-state index in [1.54, 1.807) is 24.5 Å². The van der Waals surface area contributed by atoms with Crippen LogP contribution in [0.2, 0.25) is 0 Å². The van der Waals surface area contributed by atoms with Gasteiger partial charge in [-0.15, -0.1) is 11.8 Å². The van der Waals surface area contributed by atoms with E-state index in [1.807, 2.05) is 65.0 Å². The zero-order chi connectivity index (χ0) is 29.7. The lowest BCUT2D eigenvalue weighted by atomic mass is 10.0. The lowest BCUT2D eigenvalue weighted by molar-refractivity contribution is -0.142. The first kappa shape index (κ1) is 32.8. The van der Waals surface area contributed by atoms with Crippen molar-refractivity contribution in [1.82, 2.24) is 20.9 Å². The quantitative estimate of drug-likeness (QED) is 0.239. The van der Waals surface area contributed by atoms with Crippen LogP contribution in [0.5, 0.6) is 0 Å². The van der Waals surface area contributed by atoms with Crippen LogP contribution in [0.25, 0.3) is 0 Å². The molecule has 1 heterocycles. The molecule has 0 fully saturated rings. The predicted molar refractivity (Wildman–Crippen MR) is 158 cm³/mol. The summed E-state index contributed by atoms with van der Waals surface area (Å²) in [4.78, 5) is 54.9. The number of carbonyl (C=O) groups is 4. The summed E-state index contributed by atoms with van der Waals surface area (Å²) < 4.78 is -0.220. The Morgan fingerprint density at radius 1 is 0.925 bits per heavy atom. The Morgan fingerprint density at radius 2 is 1.55 bits per heavy atom. The number of benzene rings is 1. The summed E-state index contributed by atoms with van der Waals surface area (Å²) in [5.41, 5.74) is 1.31. The fourth-order valence-electron chi connectivity index (χ4n) is 4.05. The van der Waals surface area contributed by atoms with Crippen molar-refractivity contribution in [2.75, 3.05) is 6.54 Å². The van der Waals surface area contributed by atoms with Gasteiger partial charge in [0.1, 0.15) is 12.1 Å². The minimum absolute atomic E-state index is 0.0885. The Bertz CT molecular complexity index is 1110. The zero-order valence-corrected chi connectivity index (χ0v) is 24.8. The number of carbonyl (C=O) groups excluding carboxylic acids is 3. The largest absolute Gasteiger partial charge is 0.480 e. The fraction of sp³-hybridized carbons (Fsp3) is 0.500. The van der Waals surface area contributed by atoms with Crippen molar-refractivity contribution in [1.29, 1.82) is 0 Å². The number of rotatable bonds is 15. The minimum atomic E-state index is -1.14. The van der Waals surface area contributed by atoms with Gasteiger partial charge in [-0.1, -0.05) is 65.0 Å².